The molecule has 0 spiro atoms. The number of benzene rings is 1. The van der Waals surface area contributed by atoms with E-state index in [1.165, 1.54) is 5.56 Å². The molecule has 0 aliphatic heterocycles. The van der Waals surface area contributed by atoms with Gasteiger partial charge in [0.15, 0.2) is 0 Å². The molecule has 0 aliphatic carbocycles. The predicted octanol–water partition coefficient (Wildman–Crippen LogP) is 2.22. The van der Waals surface area contributed by atoms with E-state index in [0.717, 1.165) is 11.1 Å². The van der Waals surface area contributed by atoms with Crippen LogP contribution in [0.4, 0.5) is 11.6 Å². The van der Waals surface area contributed by atoms with Crippen LogP contribution in [0.25, 0.3) is 11.1 Å². The van der Waals surface area contributed by atoms with Crippen molar-refractivity contribution < 1.29 is 0 Å². The molecule has 2 aromatic rings. The lowest BCUT2D eigenvalue weighted by molar-refractivity contribution is 1.34. The van der Waals surface area contributed by atoms with Crippen molar-refractivity contribution in [1.29, 1.82) is 0 Å². The van der Waals surface area contributed by atoms with Crippen molar-refractivity contribution in [1.82, 2.24) is 4.98 Å². The highest BCUT2D eigenvalue weighted by molar-refractivity contribution is 5.69. The maximum Gasteiger partial charge on any atom is 0.126 e. The number of anilines is 2. The highest BCUT2D eigenvalue weighted by Crippen LogP contribution is 2.23. The van der Waals surface area contributed by atoms with Crippen LogP contribution in [-0.4, -0.2) is 4.98 Å². The first-order valence-corrected chi connectivity index (χ1v) is 4.75. The Bertz CT molecular complexity index is 472. The highest BCUT2D eigenvalue weighted by Gasteiger charge is 2.01. The van der Waals surface area contributed by atoms with Crippen LogP contribution in [0.5, 0.6) is 0 Å². The van der Waals surface area contributed by atoms with Gasteiger partial charge in [0.1, 0.15) is 11.6 Å². The Morgan fingerprint density at radius 1 is 0.933 bits per heavy atom. The fourth-order valence-electron chi connectivity index (χ4n) is 1.57. The summed E-state index contributed by atoms with van der Waals surface area (Å²) in [7, 11) is 0. The number of pyridine rings is 1. The summed E-state index contributed by atoms with van der Waals surface area (Å²) in [6.07, 6.45) is 0. The first-order chi connectivity index (χ1) is 7.15. The normalized spacial score (nSPS) is 10.2. The standard InChI is InChI=1S/C12H13N3/c1-8-3-2-4-9(5-8)10-6-11(13)15-12(14)7-10/h2-7H,1H3,(H4,13,14,15). The molecule has 1 aromatic carbocycles. The molecule has 0 bridgehead atoms. The lowest BCUT2D eigenvalue weighted by Gasteiger charge is -2.05. The van der Waals surface area contributed by atoms with Gasteiger partial charge in [-0.1, -0.05) is 29.8 Å². The number of aryl methyl sites for hydroxylation is 1. The van der Waals surface area contributed by atoms with Gasteiger partial charge in [0.25, 0.3) is 0 Å². The quantitative estimate of drug-likeness (QED) is 0.740. The van der Waals surface area contributed by atoms with Crippen LogP contribution in [-0.2, 0) is 0 Å². The second-order valence-electron chi connectivity index (χ2n) is 3.58. The van der Waals surface area contributed by atoms with Crippen molar-refractivity contribution in [3.8, 4) is 11.1 Å². The number of nitrogens with zero attached hydrogens (tertiary/aromatic N) is 1. The summed E-state index contributed by atoms with van der Waals surface area (Å²) in [4.78, 5) is 3.94. The van der Waals surface area contributed by atoms with E-state index in [1.54, 1.807) is 0 Å². The average Bonchev–Trinajstić information content (AvgIpc) is 2.16. The summed E-state index contributed by atoms with van der Waals surface area (Å²) in [6, 6.07) is 11.8. The van der Waals surface area contributed by atoms with E-state index >= 15 is 0 Å². The van der Waals surface area contributed by atoms with Gasteiger partial charge in [-0.2, -0.15) is 0 Å². The fraction of sp³-hybridized carbons (Fsp3) is 0.0833. The molecular formula is C12H13N3. The van der Waals surface area contributed by atoms with Crippen molar-refractivity contribution in [3.05, 3.63) is 42.0 Å². The number of hydrogen-bond donors (Lipinski definition) is 2. The lowest BCUT2D eigenvalue weighted by Crippen LogP contribution is -1.96. The van der Waals surface area contributed by atoms with E-state index in [4.69, 9.17) is 11.5 Å². The van der Waals surface area contributed by atoms with Gasteiger partial charge >= 0.3 is 0 Å². The van der Waals surface area contributed by atoms with Crippen LogP contribution in [0.15, 0.2) is 36.4 Å². The van der Waals surface area contributed by atoms with Gasteiger partial charge in [0.05, 0.1) is 0 Å². The minimum Gasteiger partial charge on any atom is -0.384 e. The fourth-order valence-corrected chi connectivity index (χ4v) is 1.57. The monoisotopic (exact) mass is 199 g/mol. The summed E-state index contributed by atoms with van der Waals surface area (Å²) < 4.78 is 0. The molecule has 1 heterocycles. The van der Waals surface area contributed by atoms with E-state index in [0.29, 0.717) is 11.6 Å². The summed E-state index contributed by atoms with van der Waals surface area (Å²) in [5, 5.41) is 0. The van der Waals surface area contributed by atoms with Crippen LogP contribution < -0.4 is 11.5 Å². The molecule has 0 radical (unpaired) electrons. The molecule has 15 heavy (non-hydrogen) atoms. The Labute approximate surface area is 88.8 Å². The molecule has 2 rings (SSSR count). The van der Waals surface area contributed by atoms with Gasteiger partial charge in [-0.05, 0) is 30.2 Å². The Balaban J connectivity index is 2.54. The number of nitrogen functional groups attached to an aromatic ring is 2. The molecule has 3 nitrogen and oxygen atoms in total. The zero-order chi connectivity index (χ0) is 10.8. The average molecular weight is 199 g/mol. The smallest absolute Gasteiger partial charge is 0.126 e. The van der Waals surface area contributed by atoms with Crippen LogP contribution >= 0.6 is 0 Å². The van der Waals surface area contributed by atoms with E-state index < -0.39 is 0 Å². The molecule has 4 N–H and O–H groups in total. The summed E-state index contributed by atoms with van der Waals surface area (Å²) >= 11 is 0. The van der Waals surface area contributed by atoms with E-state index in [2.05, 4.69) is 24.0 Å². The van der Waals surface area contributed by atoms with Gasteiger partial charge < -0.3 is 11.5 Å². The summed E-state index contributed by atoms with van der Waals surface area (Å²) in [5.74, 6) is 0.901. The molecule has 1 aromatic heterocycles. The topological polar surface area (TPSA) is 64.9 Å². The van der Waals surface area contributed by atoms with Crippen LogP contribution in [0.3, 0.4) is 0 Å². The summed E-state index contributed by atoms with van der Waals surface area (Å²) in [6.45, 7) is 2.05. The van der Waals surface area contributed by atoms with Crippen molar-refractivity contribution in [2.75, 3.05) is 11.5 Å². The Morgan fingerprint density at radius 3 is 2.20 bits per heavy atom. The Kier molecular flexibility index (Phi) is 2.29. The van der Waals surface area contributed by atoms with Crippen LogP contribution in [0.2, 0.25) is 0 Å². The van der Waals surface area contributed by atoms with Crippen molar-refractivity contribution in [3.63, 3.8) is 0 Å². The molecule has 3 heteroatoms. The zero-order valence-electron chi connectivity index (χ0n) is 8.57. The van der Waals surface area contributed by atoms with Gasteiger partial charge in [-0.25, -0.2) is 4.98 Å². The minimum atomic E-state index is 0.450. The SMILES string of the molecule is Cc1cccc(-c2cc(N)nc(N)c2)c1. The molecule has 0 saturated heterocycles. The number of hydrogen-bond acceptors (Lipinski definition) is 3. The molecule has 0 fully saturated rings. The second-order valence-corrected chi connectivity index (χ2v) is 3.58. The van der Waals surface area contributed by atoms with Gasteiger partial charge in [-0.3, -0.25) is 0 Å². The maximum absolute atomic E-state index is 5.64. The summed E-state index contributed by atoms with van der Waals surface area (Å²) in [5.41, 5.74) is 14.6. The number of rotatable bonds is 1. The molecule has 0 aliphatic rings. The third kappa shape index (κ3) is 2.07. The first-order valence-electron chi connectivity index (χ1n) is 4.75. The molecule has 76 valence electrons. The molecule has 0 saturated carbocycles. The number of nitrogens with two attached hydrogens (primary N) is 2. The Hall–Kier alpha value is -2.03. The third-order valence-electron chi connectivity index (χ3n) is 2.22. The van der Waals surface area contributed by atoms with E-state index in [-0.39, 0.29) is 0 Å². The highest BCUT2D eigenvalue weighted by atomic mass is 14.9. The molecule has 0 unspecified atom stereocenters. The number of aromatic nitrogens is 1. The molecule has 0 amide bonds. The lowest BCUT2D eigenvalue weighted by atomic mass is 10.0. The second kappa shape index (κ2) is 3.61. The van der Waals surface area contributed by atoms with E-state index in [1.807, 2.05) is 24.3 Å². The maximum atomic E-state index is 5.64. The van der Waals surface area contributed by atoms with Gasteiger partial charge in [0.2, 0.25) is 0 Å². The zero-order valence-corrected chi connectivity index (χ0v) is 8.57. The first kappa shape index (κ1) is 9.52. The van der Waals surface area contributed by atoms with Crippen molar-refractivity contribution >= 4 is 11.6 Å². The van der Waals surface area contributed by atoms with Crippen molar-refractivity contribution in [2.45, 2.75) is 6.92 Å². The van der Waals surface area contributed by atoms with Crippen LogP contribution in [0, 0.1) is 6.92 Å². The largest absolute Gasteiger partial charge is 0.384 e. The molecular weight excluding hydrogens is 186 g/mol. The van der Waals surface area contributed by atoms with Gasteiger partial charge in [0, 0.05) is 0 Å². The third-order valence-corrected chi connectivity index (χ3v) is 2.22. The van der Waals surface area contributed by atoms with Crippen molar-refractivity contribution in [2.24, 2.45) is 0 Å². The van der Waals surface area contributed by atoms with E-state index in [9.17, 15) is 0 Å². The van der Waals surface area contributed by atoms with Gasteiger partial charge in [-0.15, -0.1) is 0 Å². The van der Waals surface area contributed by atoms with Crippen LogP contribution in [0.1, 0.15) is 5.56 Å². The Morgan fingerprint density at radius 2 is 1.60 bits per heavy atom. The predicted molar refractivity (Wildman–Crippen MR) is 63.2 cm³/mol. The minimum absolute atomic E-state index is 0.450. The molecule has 0 atom stereocenters.